The SMILES string of the molecule is O=C(OC[C@H]1OC=C[C@@H](OC(=O)c2ccccc2)C1O)c1ccccc1. The average Bonchev–Trinajstić information content (AvgIpc) is 2.69. The van der Waals surface area contributed by atoms with Gasteiger partial charge in [0.05, 0.1) is 17.4 Å². The summed E-state index contributed by atoms with van der Waals surface area (Å²) in [6.45, 7) is -0.168. The number of rotatable bonds is 5. The van der Waals surface area contributed by atoms with Crippen LogP contribution in [0.5, 0.6) is 0 Å². The van der Waals surface area contributed by atoms with E-state index >= 15 is 0 Å². The Labute approximate surface area is 150 Å². The molecular weight excluding hydrogens is 336 g/mol. The molecule has 2 aromatic rings. The molecule has 2 aromatic carbocycles. The number of ether oxygens (including phenoxy) is 3. The van der Waals surface area contributed by atoms with Crippen molar-refractivity contribution in [2.24, 2.45) is 0 Å². The molecule has 0 saturated carbocycles. The molecule has 6 heteroatoms. The molecule has 26 heavy (non-hydrogen) atoms. The van der Waals surface area contributed by atoms with Crippen LogP contribution in [0.25, 0.3) is 0 Å². The molecule has 3 atom stereocenters. The van der Waals surface area contributed by atoms with Gasteiger partial charge in [-0.3, -0.25) is 0 Å². The first-order valence-corrected chi connectivity index (χ1v) is 8.13. The van der Waals surface area contributed by atoms with Gasteiger partial charge in [0.2, 0.25) is 0 Å². The number of hydrogen-bond donors (Lipinski definition) is 1. The van der Waals surface area contributed by atoms with Gasteiger partial charge in [0.25, 0.3) is 0 Å². The molecule has 1 N–H and O–H groups in total. The maximum absolute atomic E-state index is 12.1. The van der Waals surface area contributed by atoms with Crippen LogP contribution in [0.2, 0.25) is 0 Å². The fourth-order valence-corrected chi connectivity index (χ4v) is 2.46. The monoisotopic (exact) mass is 354 g/mol. The van der Waals surface area contributed by atoms with Crippen LogP contribution in [0.15, 0.2) is 73.0 Å². The summed E-state index contributed by atoms with van der Waals surface area (Å²) >= 11 is 0. The normalized spacial score (nSPS) is 21.5. The third-order valence-electron chi connectivity index (χ3n) is 3.88. The number of aliphatic hydroxyl groups is 1. The summed E-state index contributed by atoms with van der Waals surface area (Å²) in [6.07, 6.45) is -0.105. The quantitative estimate of drug-likeness (QED) is 0.830. The molecule has 0 fully saturated rings. The lowest BCUT2D eigenvalue weighted by Crippen LogP contribution is -2.45. The highest BCUT2D eigenvalue weighted by molar-refractivity contribution is 5.90. The third kappa shape index (κ3) is 4.29. The van der Waals surface area contributed by atoms with Crippen molar-refractivity contribution in [1.82, 2.24) is 0 Å². The summed E-state index contributed by atoms with van der Waals surface area (Å²) in [4.78, 5) is 24.1. The highest BCUT2D eigenvalue weighted by Gasteiger charge is 2.34. The van der Waals surface area contributed by atoms with Gasteiger partial charge in [-0.05, 0) is 30.3 Å². The highest BCUT2D eigenvalue weighted by atomic mass is 16.6. The largest absolute Gasteiger partial charge is 0.492 e. The van der Waals surface area contributed by atoms with Gasteiger partial charge < -0.3 is 19.3 Å². The van der Waals surface area contributed by atoms with Crippen molar-refractivity contribution in [3.63, 3.8) is 0 Å². The van der Waals surface area contributed by atoms with Crippen molar-refractivity contribution >= 4 is 11.9 Å². The van der Waals surface area contributed by atoms with Gasteiger partial charge in [-0.25, -0.2) is 9.59 Å². The average molecular weight is 354 g/mol. The fourth-order valence-electron chi connectivity index (χ4n) is 2.46. The van der Waals surface area contributed by atoms with Gasteiger partial charge in [-0.2, -0.15) is 0 Å². The van der Waals surface area contributed by atoms with E-state index in [2.05, 4.69) is 0 Å². The summed E-state index contributed by atoms with van der Waals surface area (Å²) in [5, 5.41) is 10.4. The van der Waals surface area contributed by atoms with Crippen LogP contribution in [0.3, 0.4) is 0 Å². The smallest absolute Gasteiger partial charge is 0.338 e. The van der Waals surface area contributed by atoms with Crippen LogP contribution in [-0.4, -0.2) is 42.0 Å². The molecule has 0 aromatic heterocycles. The molecule has 0 amide bonds. The summed E-state index contributed by atoms with van der Waals surface area (Å²) in [7, 11) is 0. The fraction of sp³-hybridized carbons (Fsp3) is 0.200. The van der Waals surface area contributed by atoms with E-state index in [1.807, 2.05) is 0 Å². The van der Waals surface area contributed by atoms with Crippen molar-refractivity contribution in [1.29, 1.82) is 0 Å². The summed E-state index contributed by atoms with van der Waals surface area (Å²) in [5.41, 5.74) is 0.784. The molecule has 0 saturated heterocycles. The van der Waals surface area contributed by atoms with Crippen molar-refractivity contribution < 1.29 is 28.9 Å². The van der Waals surface area contributed by atoms with Crippen molar-refractivity contribution in [3.05, 3.63) is 84.1 Å². The Hall–Kier alpha value is -3.12. The minimum atomic E-state index is -1.16. The minimum Gasteiger partial charge on any atom is -0.492 e. The van der Waals surface area contributed by atoms with Gasteiger partial charge >= 0.3 is 11.9 Å². The molecule has 6 nitrogen and oxygen atoms in total. The van der Waals surface area contributed by atoms with Crippen molar-refractivity contribution in [2.45, 2.75) is 18.3 Å². The Morgan fingerprint density at radius 3 is 2.12 bits per heavy atom. The van der Waals surface area contributed by atoms with Gasteiger partial charge in [0.15, 0.2) is 12.2 Å². The Morgan fingerprint density at radius 2 is 1.50 bits per heavy atom. The maximum atomic E-state index is 12.1. The first-order chi connectivity index (χ1) is 12.6. The molecular formula is C20H18O6. The van der Waals surface area contributed by atoms with Gasteiger partial charge in [0, 0.05) is 0 Å². The number of carbonyl (C=O) groups is 2. The van der Waals surface area contributed by atoms with E-state index in [1.54, 1.807) is 60.7 Å². The zero-order chi connectivity index (χ0) is 18.4. The van der Waals surface area contributed by atoms with Crippen LogP contribution in [0.1, 0.15) is 20.7 Å². The lowest BCUT2D eigenvalue weighted by atomic mass is 10.1. The molecule has 134 valence electrons. The van der Waals surface area contributed by atoms with Crippen LogP contribution in [0, 0.1) is 0 Å². The predicted octanol–water partition coefficient (Wildman–Crippen LogP) is 2.34. The number of esters is 2. The summed E-state index contributed by atoms with van der Waals surface area (Å²) < 4.78 is 15.8. The Bertz CT molecular complexity index is 771. The van der Waals surface area contributed by atoms with E-state index in [9.17, 15) is 14.7 Å². The van der Waals surface area contributed by atoms with Gasteiger partial charge in [-0.1, -0.05) is 36.4 Å². The number of benzene rings is 2. The van der Waals surface area contributed by atoms with Gasteiger partial charge in [0.1, 0.15) is 12.7 Å². The molecule has 1 aliphatic rings. The second kappa shape index (κ2) is 8.31. The molecule has 0 aliphatic carbocycles. The van der Waals surface area contributed by atoms with Crippen molar-refractivity contribution in [3.8, 4) is 0 Å². The van der Waals surface area contributed by atoms with Crippen molar-refractivity contribution in [2.75, 3.05) is 6.61 Å². The second-order valence-corrected chi connectivity index (χ2v) is 5.69. The number of aliphatic hydroxyl groups excluding tert-OH is 1. The van der Waals surface area contributed by atoms with E-state index in [4.69, 9.17) is 14.2 Å². The second-order valence-electron chi connectivity index (χ2n) is 5.69. The minimum absolute atomic E-state index is 0.168. The van der Waals surface area contributed by atoms with Gasteiger partial charge in [-0.15, -0.1) is 0 Å². The first-order valence-electron chi connectivity index (χ1n) is 8.13. The van der Waals surface area contributed by atoms with E-state index < -0.39 is 30.3 Å². The van der Waals surface area contributed by atoms with E-state index in [0.717, 1.165) is 0 Å². The first kappa shape index (κ1) is 17.7. The lowest BCUT2D eigenvalue weighted by molar-refractivity contribution is -0.0900. The third-order valence-corrected chi connectivity index (χ3v) is 3.88. The molecule has 1 aliphatic heterocycles. The molecule has 0 radical (unpaired) electrons. The number of carbonyl (C=O) groups excluding carboxylic acids is 2. The standard InChI is InChI=1S/C20H18O6/c21-18-16(26-20(23)15-9-5-2-6-10-15)11-12-24-17(18)13-25-19(22)14-7-3-1-4-8-14/h1-12,16-18,21H,13H2/t16-,17-,18?/m1/s1. The molecule has 0 bridgehead atoms. The molecule has 1 unspecified atom stereocenters. The molecule has 0 spiro atoms. The zero-order valence-corrected chi connectivity index (χ0v) is 13.9. The maximum Gasteiger partial charge on any atom is 0.338 e. The van der Waals surface area contributed by atoms with E-state index in [0.29, 0.717) is 11.1 Å². The number of hydrogen-bond acceptors (Lipinski definition) is 6. The van der Waals surface area contributed by atoms with Crippen LogP contribution in [-0.2, 0) is 14.2 Å². The molecule has 1 heterocycles. The summed E-state index contributed by atoms with van der Waals surface area (Å²) in [5.74, 6) is -1.07. The Balaban J connectivity index is 1.56. The zero-order valence-electron chi connectivity index (χ0n) is 13.9. The summed E-state index contributed by atoms with van der Waals surface area (Å²) in [6, 6.07) is 17.0. The highest BCUT2D eigenvalue weighted by Crippen LogP contribution is 2.18. The topological polar surface area (TPSA) is 82.1 Å². The van der Waals surface area contributed by atoms with E-state index in [1.165, 1.54) is 12.3 Å². The Kier molecular flexibility index (Phi) is 5.66. The van der Waals surface area contributed by atoms with Crippen LogP contribution < -0.4 is 0 Å². The Morgan fingerprint density at radius 1 is 0.923 bits per heavy atom. The van der Waals surface area contributed by atoms with Crippen LogP contribution >= 0.6 is 0 Å². The predicted molar refractivity (Wildman–Crippen MR) is 92.4 cm³/mol. The molecule has 3 rings (SSSR count). The van der Waals surface area contributed by atoms with Crippen LogP contribution in [0.4, 0.5) is 0 Å². The van der Waals surface area contributed by atoms with E-state index in [-0.39, 0.29) is 6.61 Å². The lowest BCUT2D eigenvalue weighted by Gasteiger charge is -2.30.